The molecular formula is C15H25NO4. The molecule has 0 aromatic heterocycles. The number of rotatable bonds is 1. The van der Waals surface area contributed by atoms with E-state index in [0.717, 1.165) is 25.7 Å². The molecule has 1 N–H and O–H groups in total. The molecule has 0 aromatic rings. The van der Waals surface area contributed by atoms with Crippen molar-refractivity contribution in [2.75, 3.05) is 6.54 Å². The Morgan fingerprint density at radius 3 is 2.45 bits per heavy atom. The fraction of sp³-hybridized carbons (Fsp3) is 0.867. The third-order valence-electron chi connectivity index (χ3n) is 4.44. The second kappa shape index (κ2) is 5.26. The normalized spacial score (nSPS) is 30.6. The average Bonchev–Trinajstić information content (AvgIpc) is 2.35. The lowest BCUT2D eigenvalue weighted by molar-refractivity contribution is -0.160. The predicted octanol–water partition coefficient (Wildman–Crippen LogP) is 3.03. The van der Waals surface area contributed by atoms with Gasteiger partial charge in [-0.25, -0.2) is 4.79 Å². The van der Waals surface area contributed by atoms with E-state index in [1.165, 1.54) is 0 Å². The zero-order chi connectivity index (χ0) is 15.0. The summed E-state index contributed by atoms with van der Waals surface area (Å²) in [5, 5.41) is 9.68. The number of hydrogen-bond donors (Lipinski definition) is 1. The molecule has 2 atom stereocenters. The molecule has 20 heavy (non-hydrogen) atoms. The van der Waals surface area contributed by atoms with Crippen molar-refractivity contribution in [2.24, 2.45) is 5.41 Å². The van der Waals surface area contributed by atoms with Crippen LogP contribution in [0.5, 0.6) is 0 Å². The highest BCUT2D eigenvalue weighted by atomic mass is 16.6. The fourth-order valence-electron chi connectivity index (χ4n) is 3.58. The van der Waals surface area contributed by atoms with Crippen molar-refractivity contribution >= 4 is 12.1 Å². The lowest BCUT2D eigenvalue weighted by Crippen LogP contribution is -2.59. The highest BCUT2D eigenvalue weighted by molar-refractivity contribution is 5.78. The van der Waals surface area contributed by atoms with Crippen molar-refractivity contribution < 1.29 is 19.4 Å². The number of piperidine rings is 1. The first kappa shape index (κ1) is 15.1. The molecule has 1 amide bonds. The van der Waals surface area contributed by atoms with Gasteiger partial charge in [0.1, 0.15) is 5.60 Å². The van der Waals surface area contributed by atoms with Gasteiger partial charge in [0, 0.05) is 6.54 Å². The van der Waals surface area contributed by atoms with E-state index in [1.807, 2.05) is 20.8 Å². The van der Waals surface area contributed by atoms with Gasteiger partial charge in [-0.1, -0.05) is 12.8 Å². The maximum Gasteiger partial charge on any atom is 0.410 e. The van der Waals surface area contributed by atoms with Crippen LogP contribution < -0.4 is 0 Å². The number of aliphatic carboxylic acids is 1. The van der Waals surface area contributed by atoms with Crippen LogP contribution in [0.25, 0.3) is 0 Å². The highest BCUT2D eigenvalue weighted by Crippen LogP contribution is 2.46. The van der Waals surface area contributed by atoms with E-state index in [9.17, 15) is 14.7 Å². The SMILES string of the molecule is CC(C)(C)OC(=O)N1CCC[C@]2(C(=O)O)CCCC[C@@H]12. The van der Waals surface area contributed by atoms with Gasteiger partial charge in [-0.05, 0) is 46.5 Å². The van der Waals surface area contributed by atoms with Gasteiger partial charge in [-0.2, -0.15) is 0 Å². The molecule has 0 spiro atoms. The van der Waals surface area contributed by atoms with Gasteiger partial charge in [0.25, 0.3) is 0 Å². The molecule has 5 nitrogen and oxygen atoms in total. The van der Waals surface area contributed by atoms with Crippen LogP contribution in [0.15, 0.2) is 0 Å². The summed E-state index contributed by atoms with van der Waals surface area (Å²) in [6, 6.07) is -0.211. The van der Waals surface area contributed by atoms with Gasteiger partial charge >= 0.3 is 12.1 Å². The minimum Gasteiger partial charge on any atom is -0.481 e. The standard InChI is InChI=1S/C15H25NO4/c1-14(2,3)20-13(19)16-10-6-9-15(12(17)18)8-5-4-7-11(15)16/h11H,4-10H2,1-3H3,(H,17,18)/t11-,15-/m1/s1. The number of carbonyl (C=O) groups is 2. The molecule has 0 bridgehead atoms. The van der Waals surface area contributed by atoms with E-state index in [0.29, 0.717) is 19.4 Å². The molecule has 1 heterocycles. The molecular weight excluding hydrogens is 258 g/mol. The molecule has 1 aliphatic carbocycles. The molecule has 2 aliphatic rings. The minimum absolute atomic E-state index is 0.211. The van der Waals surface area contributed by atoms with Gasteiger partial charge in [-0.15, -0.1) is 0 Å². The summed E-state index contributed by atoms with van der Waals surface area (Å²) in [4.78, 5) is 25.8. The average molecular weight is 283 g/mol. The number of nitrogens with zero attached hydrogens (tertiary/aromatic N) is 1. The van der Waals surface area contributed by atoms with Crippen molar-refractivity contribution in [3.63, 3.8) is 0 Å². The number of ether oxygens (including phenoxy) is 1. The van der Waals surface area contributed by atoms with Gasteiger partial charge < -0.3 is 14.7 Å². The fourth-order valence-corrected chi connectivity index (χ4v) is 3.58. The van der Waals surface area contributed by atoms with Gasteiger partial charge in [0.15, 0.2) is 0 Å². The zero-order valence-electron chi connectivity index (χ0n) is 12.6. The van der Waals surface area contributed by atoms with Crippen LogP contribution in [-0.4, -0.2) is 40.3 Å². The molecule has 0 aromatic carbocycles. The first-order valence-corrected chi connectivity index (χ1v) is 7.49. The number of likely N-dealkylation sites (tertiary alicyclic amines) is 1. The Hall–Kier alpha value is -1.26. The summed E-state index contributed by atoms with van der Waals surface area (Å²) in [5.41, 5.74) is -1.30. The molecule has 114 valence electrons. The summed E-state index contributed by atoms with van der Waals surface area (Å²) in [7, 11) is 0. The Bertz CT molecular complexity index is 397. The van der Waals surface area contributed by atoms with E-state index in [2.05, 4.69) is 0 Å². The summed E-state index contributed by atoms with van der Waals surface area (Å²) >= 11 is 0. The summed E-state index contributed by atoms with van der Waals surface area (Å²) < 4.78 is 5.44. The molecule has 2 fully saturated rings. The summed E-state index contributed by atoms with van der Waals surface area (Å²) in [6.07, 6.45) is 4.41. The lowest BCUT2D eigenvalue weighted by Gasteiger charge is -2.49. The van der Waals surface area contributed by atoms with E-state index in [-0.39, 0.29) is 12.1 Å². The van der Waals surface area contributed by atoms with Crippen LogP contribution in [0.4, 0.5) is 4.79 Å². The molecule has 2 rings (SSSR count). The van der Waals surface area contributed by atoms with Crippen LogP contribution in [-0.2, 0) is 9.53 Å². The molecule has 1 saturated heterocycles. The van der Waals surface area contributed by atoms with Gasteiger partial charge in [0.05, 0.1) is 11.5 Å². The maximum absolute atomic E-state index is 12.3. The van der Waals surface area contributed by atoms with Crippen LogP contribution in [0.3, 0.4) is 0 Å². The number of fused-ring (bicyclic) bond motifs is 1. The number of carbonyl (C=O) groups excluding carboxylic acids is 1. The smallest absolute Gasteiger partial charge is 0.410 e. The Kier molecular flexibility index (Phi) is 3.98. The molecule has 1 saturated carbocycles. The third-order valence-corrected chi connectivity index (χ3v) is 4.44. The van der Waals surface area contributed by atoms with Crippen LogP contribution in [0.2, 0.25) is 0 Å². The second-order valence-electron chi connectivity index (χ2n) is 7.00. The number of carboxylic acid groups (broad SMARTS) is 1. The Morgan fingerprint density at radius 1 is 1.20 bits per heavy atom. The first-order valence-electron chi connectivity index (χ1n) is 7.49. The molecule has 5 heteroatoms. The molecule has 0 unspecified atom stereocenters. The monoisotopic (exact) mass is 283 g/mol. The molecule has 1 aliphatic heterocycles. The van der Waals surface area contributed by atoms with Crippen molar-refractivity contribution in [3.8, 4) is 0 Å². The van der Waals surface area contributed by atoms with Crippen molar-refractivity contribution in [1.29, 1.82) is 0 Å². The Labute approximate surface area is 120 Å². The topological polar surface area (TPSA) is 66.8 Å². The summed E-state index contributed by atoms with van der Waals surface area (Å²) in [5.74, 6) is -0.754. The van der Waals surface area contributed by atoms with E-state index in [4.69, 9.17) is 4.74 Å². The Balaban J connectivity index is 2.22. The predicted molar refractivity (Wildman–Crippen MR) is 74.5 cm³/mol. The minimum atomic E-state index is -0.757. The third kappa shape index (κ3) is 2.76. The highest BCUT2D eigenvalue weighted by Gasteiger charge is 2.53. The van der Waals surface area contributed by atoms with Gasteiger partial charge in [-0.3, -0.25) is 4.79 Å². The van der Waals surface area contributed by atoms with Crippen molar-refractivity contribution in [3.05, 3.63) is 0 Å². The van der Waals surface area contributed by atoms with Crippen molar-refractivity contribution in [1.82, 2.24) is 4.90 Å². The second-order valence-corrected chi connectivity index (χ2v) is 7.00. The van der Waals surface area contributed by atoms with E-state index >= 15 is 0 Å². The largest absolute Gasteiger partial charge is 0.481 e. The number of amides is 1. The van der Waals surface area contributed by atoms with E-state index in [1.54, 1.807) is 4.90 Å². The lowest BCUT2D eigenvalue weighted by atomic mass is 9.65. The van der Waals surface area contributed by atoms with Crippen molar-refractivity contribution in [2.45, 2.75) is 70.9 Å². The zero-order valence-corrected chi connectivity index (χ0v) is 12.6. The van der Waals surface area contributed by atoms with Gasteiger partial charge in [0.2, 0.25) is 0 Å². The number of hydrogen-bond acceptors (Lipinski definition) is 3. The van der Waals surface area contributed by atoms with Crippen LogP contribution >= 0.6 is 0 Å². The first-order chi connectivity index (χ1) is 9.26. The Morgan fingerprint density at radius 2 is 1.85 bits per heavy atom. The summed E-state index contributed by atoms with van der Waals surface area (Å²) in [6.45, 7) is 6.11. The maximum atomic E-state index is 12.3. The van der Waals surface area contributed by atoms with E-state index < -0.39 is 17.0 Å². The molecule has 0 radical (unpaired) electrons. The quantitative estimate of drug-likeness (QED) is 0.803. The number of carboxylic acids is 1. The van der Waals surface area contributed by atoms with Crippen LogP contribution in [0, 0.1) is 5.41 Å². The van der Waals surface area contributed by atoms with Crippen LogP contribution in [0.1, 0.15) is 59.3 Å².